The van der Waals surface area contributed by atoms with Crippen molar-refractivity contribution >= 4 is 31.1 Å². The molecule has 6 heteroatoms. The van der Waals surface area contributed by atoms with Crippen molar-refractivity contribution in [2.45, 2.75) is 4.21 Å². The summed E-state index contributed by atoms with van der Waals surface area (Å²) in [5, 5.41) is 8.34. The van der Waals surface area contributed by atoms with Crippen LogP contribution in [0.4, 0.5) is 0 Å². The highest BCUT2D eigenvalue weighted by Gasteiger charge is 2.12. The van der Waals surface area contributed by atoms with E-state index < -0.39 is 9.05 Å². The summed E-state index contributed by atoms with van der Waals surface area (Å²) < 4.78 is 21.3. The first kappa shape index (κ1) is 8.53. The first-order valence-corrected chi connectivity index (χ1v) is 5.61. The van der Waals surface area contributed by atoms with Crippen LogP contribution in [-0.4, -0.2) is 8.42 Å². The molecule has 0 fully saturated rings. The Morgan fingerprint density at radius 3 is 2.45 bits per heavy atom. The SMILES string of the molecule is N#Cc1ccc(S(=O)(=O)Cl)s1. The Balaban J connectivity index is 3.22. The lowest BCUT2D eigenvalue weighted by molar-refractivity contribution is 0.611. The summed E-state index contributed by atoms with van der Waals surface area (Å²) in [6, 6.07) is 4.54. The minimum Gasteiger partial charge on any atom is -0.206 e. The van der Waals surface area contributed by atoms with Gasteiger partial charge in [0.05, 0.1) is 0 Å². The summed E-state index contributed by atoms with van der Waals surface area (Å²) in [6.07, 6.45) is 0. The molecule has 0 aromatic carbocycles. The molecule has 0 amide bonds. The fraction of sp³-hybridized carbons (Fsp3) is 0. The van der Waals surface area contributed by atoms with Gasteiger partial charge in [-0.1, -0.05) is 0 Å². The zero-order chi connectivity index (χ0) is 8.48. The molecule has 0 aliphatic rings. The maximum atomic E-state index is 10.6. The molecule has 0 bridgehead atoms. The van der Waals surface area contributed by atoms with E-state index in [-0.39, 0.29) is 4.21 Å². The average Bonchev–Trinajstić information content (AvgIpc) is 2.32. The van der Waals surface area contributed by atoms with Gasteiger partial charge < -0.3 is 0 Å². The maximum Gasteiger partial charge on any atom is 0.270 e. The van der Waals surface area contributed by atoms with Crippen molar-refractivity contribution in [2.24, 2.45) is 0 Å². The van der Waals surface area contributed by atoms with E-state index in [0.717, 1.165) is 11.3 Å². The van der Waals surface area contributed by atoms with Gasteiger partial charge in [-0.2, -0.15) is 5.26 Å². The molecule has 58 valence electrons. The van der Waals surface area contributed by atoms with E-state index in [0.29, 0.717) is 4.88 Å². The van der Waals surface area contributed by atoms with E-state index in [2.05, 4.69) is 0 Å². The lowest BCUT2D eigenvalue weighted by Crippen LogP contribution is -1.82. The van der Waals surface area contributed by atoms with Crippen molar-refractivity contribution in [1.82, 2.24) is 0 Å². The molecule has 0 atom stereocenters. The third kappa shape index (κ3) is 1.93. The summed E-state index contributed by atoms with van der Waals surface area (Å²) in [7, 11) is 1.35. The van der Waals surface area contributed by atoms with Crippen molar-refractivity contribution in [2.75, 3.05) is 0 Å². The highest BCUT2D eigenvalue weighted by Crippen LogP contribution is 2.23. The molecule has 0 aliphatic carbocycles. The Morgan fingerprint density at radius 2 is 2.18 bits per heavy atom. The van der Waals surface area contributed by atoms with Crippen molar-refractivity contribution in [3.05, 3.63) is 17.0 Å². The number of hydrogen-bond donors (Lipinski definition) is 0. The van der Waals surface area contributed by atoms with Gasteiger partial charge in [-0.3, -0.25) is 0 Å². The molecule has 1 aromatic heterocycles. The highest BCUT2D eigenvalue weighted by atomic mass is 35.7. The molecule has 3 nitrogen and oxygen atoms in total. The third-order valence-electron chi connectivity index (χ3n) is 0.932. The van der Waals surface area contributed by atoms with E-state index in [1.165, 1.54) is 12.1 Å². The first-order valence-electron chi connectivity index (χ1n) is 2.48. The van der Waals surface area contributed by atoms with E-state index >= 15 is 0 Å². The first-order chi connectivity index (χ1) is 5.04. The van der Waals surface area contributed by atoms with Gasteiger partial charge in [0.15, 0.2) is 0 Å². The van der Waals surface area contributed by atoms with Gasteiger partial charge in [0.25, 0.3) is 9.05 Å². The molecular weight excluding hydrogens is 206 g/mol. The Bertz CT molecular complexity index is 400. The van der Waals surface area contributed by atoms with E-state index in [4.69, 9.17) is 15.9 Å². The third-order valence-corrected chi connectivity index (χ3v) is 4.01. The van der Waals surface area contributed by atoms with Gasteiger partial charge in [-0.25, -0.2) is 8.42 Å². The van der Waals surface area contributed by atoms with Crippen LogP contribution in [0.3, 0.4) is 0 Å². The molecule has 1 rings (SSSR count). The number of hydrogen-bond acceptors (Lipinski definition) is 4. The van der Waals surface area contributed by atoms with Crippen LogP contribution in [0.1, 0.15) is 4.88 Å². The molecule has 0 aliphatic heterocycles. The Morgan fingerprint density at radius 1 is 1.55 bits per heavy atom. The van der Waals surface area contributed by atoms with Gasteiger partial charge in [0.1, 0.15) is 15.2 Å². The summed E-state index contributed by atoms with van der Waals surface area (Å²) >= 11 is 0.859. The normalized spacial score (nSPS) is 10.9. The fourth-order valence-corrected chi connectivity index (χ4v) is 2.38. The topological polar surface area (TPSA) is 57.9 Å². The second-order valence-electron chi connectivity index (χ2n) is 1.67. The summed E-state index contributed by atoms with van der Waals surface area (Å²) in [6.45, 7) is 0. The van der Waals surface area contributed by atoms with Crippen molar-refractivity contribution in [3.63, 3.8) is 0 Å². The van der Waals surface area contributed by atoms with Gasteiger partial charge in [-0.15, -0.1) is 11.3 Å². The second kappa shape index (κ2) is 2.81. The smallest absolute Gasteiger partial charge is 0.206 e. The molecule has 0 spiro atoms. The number of nitrogens with zero attached hydrogens (tertiary/aromatic N) is 1. The van der Waals surface area contributed by atoms with Crippen LogP contribution in [0.5, 0.6) is 0 Å². The van der Waals surface area contributed by atoms with Crippen LogP contribution < -0.4 is 0 Å². The van der Waals surface area contributed by atoms with E-state index in [1.54, 1.807) is 0 Å². The number of rotatable bonds is 1. The standard InChI is InChI=1S/C5H2ClNO2S2/c6-11(8,9)5-2-1-4(3-7)10-5/h1-2H. The Labute approximate surface area is 72.3 Å². The monoisotopic (exact) mass is 207 g/mol. The molecule has 0 radical (unpaired) electrons. The molecule has 1 aromatic rings. The molecule has 1 heterocycles. The minimum absolute atomic E-state index is 0.00992. The summed E-state index contributed by atoms with van der Waals surface area (Å²) in [4.78, 5) is 0.337. The highest BCUT2D eigenvalue weighted by molar-refractivity contribution is 8.15. The molecule has 0 saturated heterocycles. The summed E-state index contributed by atoms with van der Waals surface area (Å²) in [5.41, 5.74) is 0. The van der Waals surface area contributed by atoms with E-state index in [9.17, 15) is 8.42 Å². The fourth-order valence-electron chi connectivity index (χ4n) is 0.511. The van der Waals surface area contributed by atoms with Crippen LogP contribution >= 0.6 is 22.0 Å². The number of nitriles is 1. The molecule has 0 N–H and O–H groups in total. The Hall–Kier alpha value is -0.570. The molecule has 0 unspecified atom stereocenters. The number of halogens is 1. The van der Waals surface area contributed by atoms with E-state index in [1.807, 2.05) is 6.07 Å². The summed E-state index contributed by atoms with van der Waals surface area (Å²) in [5.74, 6) is 0. The Kier molecular flexibility index (Phi) is 2.18. The van der Waals surface area contributed by atoms with Crippen LogP contribution in [0, 0.1) is 11.3 Å². The van der Waals surface area contributed by atoms with Crippen molar-refractivity contribution < 1.29 is 8.42 Å². The lowest BCUT2D eigenvalue weighted by Gasteiger charge is -1.83. The molecule has 0 saturated carbocycles. The zero-order valence-electron chi connectivity index (χ0n) is 5.11. The predicted octanol–water partition coefficient (Wildman–Crippen LogP) is 1.55. The minimum atomic E-state index is -3.65. The van der Waals surface area contributed by atoms with Crippen LogP contribution in [0.25, 0.3) is 0 Å². The molecule has 11 heavy (non-hydrogen) atoms. The van der Waals surface area contributed by atoms with Crippen LogP contribution in [0.2, 0.25) is 0 Å². The quantitative estimate of drug-likeness (QED) is 0.657. The molecular formula is C5H2ClNO2S2. The van der Waals surface area contributed by atoms with Crippen LogP contribution in [0.15, 0.2) is 16.3 Å². The second-order valence-corrected chi connectivity index (χ2v) is 5.54. The lowest BCUT2D eigenvalue weighted by atomic mass is 10.5. The largest absolute Gasteiger partial charge is 0.270 e. The number of thiophene rings is 1. The predicted molar refractivity (Wildman–Crippen MR) is 42.1 cm³/mol. The van der Waals surface area contributed by atoms with Crippen molar-refractivity contribution in [3.8, 4) is 6.07 Å². The average molecular weight is 208 g/mol. The van der Waals surface area contributed by atoms with Gasteiger partial charge in [0.2, 0.25) is 0 Å². The maximum absolute atomic E-state index is 10.6. The van der Waals surface area contributed by atoms with Crippen molar-refractivity contribution in [1.29, 1.82) is 5.26 Å². The van der Waals surface area contributed by atoms with Gasteiger partial charge in [-0.05, 0) is 12.1 Å². The zero-order valence-corrected chi connectivity index (χ0v) is 7.50. The van der Waals surface area contributed by atoms with Crippen LogP contribution in [-0.2, 0) is 9.05 Å². The van der Waals surface area contributed by atoms with Gasteiger partial charge in [0, 0.05) is 10.7 Å². The van der Waals surface area contributed by atoms with Gasteiger partial charge >= 0.3 is 0 Å².